The van der Waals surface area contributed by atoms with E-state index in [2.05, 4.69) is 25.7 Å². The molecule has 1 fully saturated rings. The smallest absolute Gasteiger partial charge is 0.247 e. The highest BCUT2D eigenvalue weighted by Gasteiger charge is 2.24. The normalized spacial score (nSPS) is 13.7. The van der Waals surface area contributed by atoms with E-state index in [0.717, 1.165) is 18.5 Å². The van der Waals surface area contributed by atoms with Crippen molar-refractivity contribution in [1.82, 2.24) is 19.6 Å². The van der Waals surface area contributed by atoms with Crippen molar-refractivity contribution >= 4 is 51.9 Å². The maximum Gasteiger partial charge on any atom is 0.247 e. The molecule has 1 aliphatic carbocycles. The number of hydrogen-bond donors (Lipinski definition) is 5. The fraction of sp³-hybridized carbons (Fsp3) is 0.353. The maximum atomic E-state index is 6.61. The van der Waals surface area contributed by atoms with Gasteiger partial charge in [-0.3, -0.25) is 0 Å². The van der Waals surface area contributed by atoms with E-state index in [1.165, 1.54) is 0 Å². The third kappa shape index (κ3) is 3.56. The van der Waals surface area contributed by atoms with Gasteiger partial charge in [0.15, 0.2) is 11.5 Å². The number of anilines is 6. The molecule has 0 saturated heterocycles. The van der Waals surface area contributed by atoms with Crippen molar-refractivity contribution in [3.05, 3.63) is 23.4 Å². The molecule has 28 heavy (non-hydrogen) atoms. The van der Waals surface area contributed by atoms with Gasteiger partial charge in [0.05, 0.1) is 22.6 Å². The molecule has 1 saturated carbocycles. The summed E-state index contributed by atoms with van der Waals surface area (Å²) < 4.78 is 1.54. The van der Waals surface area contributed by atoms with E-state index >= 15 is 0 Å². The number of nitrogens with zero attached hydrogens (tertiary/aromatic N) is 5. The summed E-state index contributed by atoms with van der Waals surface area (Å²) in [4.78, 5) is 10.8. The van der Waals surface area contributed by atoms with Crippen LogP contribution in [0.5, 0.6) is 0 Å². The van der Waals surface area contributed by atoms with Gasteiger partial charge in [-0.2, -0.15) is 9.50 Å². The number of nitrogen functional groups attached to an aromatic ring is 2. The Bertz CT molecular complexity index is 1010. The molecule has 0 unspecified atom stereocenters. The number of aromatic nitrogens is 4. The van der Waals surface area contributed by atoms with Crippen molar-refractivity contribution in [2.45, 2.75) is 18.9 Å². The molecule has 2 aromatic heterocycles. The summed E-state index contributed by atoms with van der Waals surface area (Å²) in [5, 5.41) is 11.5. The van der Waals surface area contributed by atoms with Crippen LogP contribution >= 0.6 is 11.6 Å². The number of nitrogens with two attached hydrogens (primary N) is 3. The third-order valence-corrected chi connectivity index (χ3v) is 4.90. The molecule has 0 radical (unpaired) electrons. The number of imidazole rings is 1. The fourth-order valence-electron chi connectivity index (χ4n) is 2.90. The second-order valence-electron chi connectivity index (χ2n) is 6.86. The Hall–Kier alpha value is -2.98. The van der Waals surface area contributed by atoms with Gasteiger partial charge in [-0.05, 0) is 25.0 Å². The second kappa shape index (κ2) is 7.21. The average Bonchev–Trinajstić information content (AvgIpc) is 3.39. The first-order valence-corrected chi connectivity index (χ1v) is 9.39. The molecule has 10 nitrogen and oxygen atoms in total. The first-order chi connectivity index (χ1) is 13.5. The van der Waals surface area contributed by atoms with Crippen LogP contribution in [0.1, 0.15) is 12.8 Å². The number of nitrogens with one attached hydrogen (secondary N) is 2. The molecule has 1 aromatic carbocycles. The maximum absolute atomic E-state index is 6.61. The minimum absolute atomic E-state index is 0.334. The zero-order valence-electron chi connectivity index (χ0n) is 15.5. The van der Waals surface area contributed by atoms with Crippen LogP contribution in [0.2, 0.25) is 5.02 Å². The molecule has 4 rings (SSSR count). The van der Waals surface area contributed by atoms with Crippen LogP contribution in [0, 0.1) is 0 Å². The van der Waals surface area contributed by atoms with Crippen molar-refractivity contribution in [3.8, 4) is 0 Å². The second-order valence-corrected chi connectivity index (χ2v) is 7.24. The largest absolute Gasteiger partial charge is 0.399 e. The van der Waals surface area contributed by atoms with Gasteiger partial charge in [0.1, 0.15) is 5.82 Å². The van der Waals surface area contributed by atoms with Gasteiger partial charge < -0.3 is 32.7 Å². The third-order valence-electron chi connectivity index (χ3n) is 4.50. The van der Waals surface area contributed by atoms with Crippen molar-refractivity contribution in [3.63, 3.8) is 0 Å². The quantitative estimate of drug-likeness (QED) is 0.372. The van der Waals surface area contributed by atoms with E-state index in [1.54, 1.807) is 22.8 Å². The molecule has 0 aliphatic heterocycles. The van der Waals surface area contributed by atoms with Crippen molar-refractivity contribution in [2.24, 2.45) is 5.73 Å². The molecule has 0 bridgehead atoms. The Morgan fingerprint density at radius 2 is 2.11 bits per heavy atom. The van der Waals surface area contributed by atoms with Gasteiger partial charge in [-0.15, -0.1) is 5.10 Å². The summed E-state index contributed by atoms with van der Waals surface area (Å²) in [6, 6.07) is 3.94. The summed E-state index contributed by atoms with van der Waals surface area (Å²) in [7, 11) is 1.91. The molecular formula is C17H23ClN10. The highest BCUT2D eigenvalue weighted by molar-refractivity contribution is 6.36. The van der Waals surface area contributed by atoms with Gasteiger partial charge in [0.2, 0.25) is 5.95 Å². The summed E-state index contributed by atoms with van der Waals surface area (Å²) in [5.74, 6) is 1.37. The molecule has 0 spiro atoms. The number of benzene rings is 1. The lowest BCUT2D eigenvalue weighted by Crippen LogP contribution is -2.25. The number of likely N-dealkylation sites (N-methyl/N-ethyl adjacent to an activating group) is 1. The van der Waals surface area contributed by atoms with Crippen LogP contribution in [0.15, 0.2) is 18.3 Å². The Kier molecular flexibility index (Phi) is 4.73. The molecule has 3 aromatic rings. The van der Waals surface area contributed by atoms with Crippen LogP contribution in [0.3, 0.4) is 0 Å². The SMILES string of the molecule is CN(CCN)c1cc(N)cc(Nc2nc(NC3CC3)c3ncc(N)n3n2)c1Cl. The summed E-state index contributed by atoms with van der Waals surface area (Å²) in [6.07, 6.45) is 3.76. The molecule has 0 amide bonds. The lowest BCUT2D eigenvalue weighted by molar-refractivity contribution is 0.886. The molecule has 1 aliphatic rings. The number of halogens is 1. The molecule has 2 heterocycles. The summed E-state index contributed by atoms with van der Waals surface area (Å²) >= 11 is 6.61. The monoisotopic (exact) mass is 402 g/mol. The minimum atomic E-state index is 0.334. The molecule has 0 atom stereocenters. The highest BCUT2D eigenvalue weighted by Crippen LogP contribution is 2.36. The fourth-order valence-corrected chi connectivity index (χ4v) is 3.20. The van der Waals surface area contributed by atoms with E-state index in [9.17, 15) is 0 Å². The van der Waals surface area contributed by atoms with Crippen molar-refractivity contribution < 1.29 is 0 Å². The molecule has 11 heteroatoms. The summed E-state index contributed by atoms with van der Waals surface area (Å²) in [6.45, 7) is 1.15. The van der Waals surface area contributed by atoms with Gasteiger partial charge in [0, 0.05) is 31.9 Å². The molecule has 148 valence electrons. The molecule has 8 N–H and O–H groups in total. The Balaban J connectivity index is 1.72. The van der Waals surface area contributed by atoms with Gasteiger partial charge in [0.25, 0.3) is 0 Å². The van der Waals surface area contributed by atoms with E-state index in [0.29, 0.717) is 58.8 Å². The standard InChI is InChI=1S/C17H23ClN10/c1-27(5-4-19)12-7-9(20)6-11(14(12)18)24-17-25-15(23-10-2-3-10)16-22-8-13(21)28(16)26-17/h6-8,10H,2-5,19-21H2,1H3,(H2,23,24,25,26). The minimum Gasteiger partial charge on any atom is -0.399 e. The van der Waals surface area contributed by atoms with Crippen LogP contribution in [0.25, 0.3) is 5.65 Å². The zero-order valence-corrected chi connectivity index (χ0v) is 16.2. The predicted octanol–water partition coefficient (Wildman–Crippen LogP) is 1.65. The summed E-state index contributed by atoms with van der Waals surface area (Å²) in [5.41, 5.74) is 20.2. The van der Waals surface area contributed by atoms with Crippen LogP contribution in [0.4, 0.5) is 34.6 Å². The van der Waals surface area contributed by atoms with Crippen molar-refractivity contribution in [2.75, 3.05) is 47.1 Å². The van der Waals surface area contributed by atoms with Crippen LogP contribution in [-0.2, 0) is 0 Å². The topological polar surface area (TPSA) is 148 Å². The van der Waals surface area contributed by atoms with E-state index in [-0.39, 0.29) is 0 Å². The number of hydrogen-bond acceptors (Lipinski definition) is 9. The van der Waals surface area contributed by atoms with Gasteiger partial charge in [-0.1, -0.05) is 11.6 Å². The highest BCUT2D eigenvalue weighted by atomic mass is 35.5. The Morgan fingerprint density at radius 1 is 1.32 bits per heavy atom. The average molecular weight is 403 g/mol. The predicted molar refractivity (Wildman–Crippen MR) is 113 cm³/mol. The van der Waals surface area contributed by atoms with Gasteiger partial charge in [-0.25, -0.2) is 4.98 Å². The lowest BCUT2D eigenvalue weighted by atomic mass is 10.2. The van der Waals surface area contributed by atoms with E-state index < -0.39 is 0 Å². The molecular weight excluding hydrogens is 380 g/mol. The van der Waals surface area contributed by atoms with Gasteiger partial charge >= 0.3 is 0 Å². The first-order valence-electron chi connectivity index (χ1n) is 9.01. The van der Waals surface area contributed by atoms with E-state index in [1.807, 2.05) is 11.9 Å². The van der Waals surface area contributed by atoms with Crippen molar-refractivity contribution in [1.29, 1.82) is 0 Å². The van der Waals surface area contributed by atoms with Crippen LogP contribution < -0.4 is 32.7 Å². The first kappa shape index (κ1) is 18.4. The number of fused-ring (bicyclic) bond motifs is 1. The number of rotatable bonds is 7. The van der Waals surface area contributed by atoms with Crippen LogP contribution in [-0.4, -0.2) is 45.8 Å². The Labute approximate surface area is 167 Å². The lowest BCUT2D eigenvalue weighted by Gasteiger charge is -2.22. The zero-order chi connectivity index (χ0) is 19.8. The Morgan fingerprint density at radius 3 is 2.82 bits per heavy atom. The van der Waals surface area contributed by atoms with E-state index in [4.69, 9.17) is 28.8 Å².